The van der Waals surface area contributed by atoms with Crippen molar-refractivity contribution in [3.63, 3.8) is 0 Å². The van der Waals surface area contributed by atoms with E-state index in [1.54, 1.807) is 13.0 Å². The minimum absolute atomic E-state index is 0.0273. The fourth-order valence-corrected chi connectivity index (χ4v) is 2.93. The first kappa shape index (κ1) is 16.2. The third kappa shape index (κ3) is 3.02. The topological polar surface area (TPSA) is 89.3 Å². The Bertz CT molecular complexity index is 1010. The number of aryl methyl sites for hydroxylation is 1. The number of sulfonamides is 1. The molecule has 11 heteroatoms. The van der Waals surface area contributed by atoms with E-state index in [4.69, 9.17) is 0 Å². The second-order valence-corrected chi connectivity index (χ2v) is 6.43. The van der Waals surface area contributed by atoms with Crippen molar-refractivity contribution in [1.29, 1.82) is 0 Å². The number of nitrogens with one attached hydrogen (secondary N) is 1. The van der Waals surface area contributed by atoms with Crippen LogP contribution in [0.15, 0.2) is 41.7 Å². The van der Waals surface area contributed by atoms with Crippen molar-refractivity contribution in [2.45, 2.75) is 18.3 Å². The summed E-state index contributed by atoms with van der Waals surface area (Å²) in [7, 11) is -4.40. The Morgan fingerprint density at radius 1 is 1.12 bits per heavy atom. The highest BCUT2D eigenvalue weighted by Crippen LogP contribution is 2.35. The number of halogens is 3. The molecule has 0 aliphatic rings. The molecule has 2 aromatic heterocycles. The molecule has 0 saturated carbocycles. The lowest BCUT2D eigenvalue weighted by molar-refractivity contribution is -0.136. The molecule has 1 N–H and O–H groups in total. The Hall–Kier alpha value is -2.69. The van der Waals surface area contributed by atoms with Crippen LogP contribution in [0.4, 0.5) is 18.9 Å². The Kier molecular flexibility index (Phi) is 3.67. The van der Waals surface area contributed by atoms with Gasteiger partial charge in [-0.2, -0.15) is 26.6 Å². The minimum Gasteiger partial charge on any atom is -0.276 e. The largest absolute Gasteiger partial charge is 0.418 e. The zero-order chi connectivity index (χ0) is 17.5. The molecule has 0 amide bonds. The number of aromatic nitrogens is 4. The van der Waals surface area contributed by atoms with Crippen LogP contribution in [0.25, 0.3) is 5.78 Å². The fourth-order valence-electron chi connectivity index (χ4n) is 1.97. The van der Waals surface area contributed by atoms with Crippen molar-refractivity contribution < 1.29 is 21.6 Å². The summed E-state index contributed by atoms with van der Waals surface area (Å²) in [5, 5.41) is 3.06. The van der Waals surface area contributed by atoms with Crippen molar-refractivity contribution in [3.8, 4) is 0 Å². The number of anilines is 1. The number of para-hydroxylation sites is 1. The first-order valence-corrected chi connectivity index (χ1v) is 8.04. The average Bonchev–Trinajstić information content (AvgIpc) is 2.90. The van der Waals surface area contributed by atoms with Gasteiger partial charge in [-0.05, 0) is 25.1 Å². The van der Waals surface area contributed by atoms with Gasteiger partial charge >= 0.3 is 6.18 Å². The molecule has 0 aliphatic heterocycles. The third-order valence-corrected chi connectivity index (χ3v) is 4.19. The zero-order valence-corrected chi connectivity index (χ0v) is 12.9. The Balaban J connectivity index is 2.02. The van der Waals surface area contributed by atoms with E-state index in [-0.39, 0.29) is 5.78 Å². The molecule has 7 nitrogen and oxygen atoms in total. The maximum atomic E-state index is 13.0. The molecule has 0 spiro atoms. The van der Waals surface area contributed by atoms with Gasteiger partial charge in [-0.3, -0.25) is 4.72 Å². The summed E-state index contributed by atoms with van der Waals surface area (Å²) >= 11 is 0. The summed E-state index contributed by atoms with van der Waals surface area (Å²) < 4.78 is 66.4. The molecule has 0 aliphatic carbocycles. The zero-order valence-electron chi connectivity index (χ0n) is 12.1. The van der Waals surface area contributed by atoms with Gasteiger partial charge in [0.25, 0.3) is 21.0 Å². The van der Waals surface area contributed by atoms with Crippen LogP contribution in [0.2, 0.25) is 0 Å². The number of alkyl halides is 3. The summed E-state index contributed by atoms with van der Waals surface area (Å²) in [6.45, 7) is 1.68. The lowest BCUT2D eigenvalue weighted by atomic mass is 10.2. The second kappa shape index (κ2) is 5.44. The van der Waals surface area contributed by atoms with Crippen molar-refractivity contribution >= 4 is 21.5 Å². The van der Waals surface area contributed by atoms with Gasteiger partial charge in [0, 0.05) is 11.9 Å². The summed E-state index contributed by atoms with van der Waals surface area (Å²) in [6, 6.07) is 5.83. The molecular formula is C13H10F3N5O2S. The number of fused-ring (bicyclic) bond motifs is 1. The van der Waals surface area contributed by atoms with E-state index in [0.717, 1.165) is 22.7 Å². The average molecular weight is 357 g/mol. The molecule has 126 valence electrons. The predicted octanol–water partition coefficient (Wildman–Crippen LogP) is 2.25. The Labute approximate surface area is 134 Å². The van der Waals surface area contributed by atoms with Crippen LogP contribution in [0, 0.1) is 6.92 Å². The quantitative estimate of drug-likeness (QED) is 0.777. The Morgan fingerprint density at radius 3 is 2.54 bits per heavy atom. The SMILES string of the molecule is Cc1ccn2nc(S(=O)(=O)Nc3ccccc3C(F)(F)F)nc2n1. The van der Waals surface area contributed by atoms with Crippen LogP contribution >= 0.6 is 0 Å². The van der Waals surface area contributed by atoms with Crippen LogP contribution in [0.1, 0.15) is 11.3 Å². The molecule has 2 heterocycles. The van der Waals surface area contributed by atoms with Gasteiger partial charge in [0.1, 0.15) is 0 Å². The monoisotopic (exact) mass is 357 g/mol. The third-order valence-electron chi connectivity index (χ3n) is 3.04. The number of rotatable bonds is 3. The standard InChI is InChI=1S/C13H10F3N5O2S/c1-8-6-7-21-11(17-8)18-12(19-21)24(22,23)20-10-5-3-2-4-9(10)13(14,15)16/h2-7,20H,1H3. The van der Waals surface area contributed by atoms with E-state index in [9.17, 15) is 21.6 Å². The van der Waals surface area contributed by atoms with Crippen molar-refractivity contribution in [1.82, 2.24) is 19.6 Å². The molecule has 0 radical (unpaired) electrons. The van der Waals surface area contributed by atoms with E-state index in [2.05, 4.69) is 15.1 Å². The molecule has 0 atom stereocenters. The van der Waals surface area contributed by atoms with E-state index in [1.807, 2.05) is 4.72 Å². The number of nitrogens with zero attached hydrogens (tertiary/aromatic N) is 4. The first-order valence-electron chi connectivity index (χ1n) is 6.56. The van der Waals surface area contributed by atoms with Gasteiger partial charge in [-0.15, -0.1) is 5.10 Å². The minimum atomic E-state index is -4.70. The van der Waals surface area contributed by atoms with Gasteiger partial charge in [-0.1, -0.05) is 12.1 Å². The molecule has 1 aromatic carbocycles. The van der Waals surface area contributed by atoms with E-state index < -0.39 is 32.6 Å². The van der Waals surface area contributed by atoms with Crippen LogP contribution < -0.4 is 4.72 Å². The van der Waals surface area contributed by atoms with Gasteiger partial charge in [-0.25, -0.2) is 9.50 Å². The van der Waals surface area contributed by atoms with E-state index in [0.29, 0.717) is 5.69 Å². The van der Waals surface area contributed by atoms with Gasteiger partial charge in [0.05, 0.1) is 11.3 Å². The van der Waals surface area contributed by atoms with Gasteiger partial charge < -0.3 is 0 Å². The maximum Gasteiger partial charge on any atom is 0.418 e. The Morgan fingerprint density at radius 2 is 1.83 bits per heavy atom. The highest BCUT2D eigenvalue weighted by Gasteiger charge is 2.35. The number of benzene rings is 1. The fraction of sp³-hybridized carbons (Fsp3) is 0.154. The molecule has 0 fully saturated rings. The van der Waals surface area contributed by atoms with Gasteiger partial charge in [0.2, 0.25) is 0 Å². The second-order valence-electron chi connectivity index (χ2n) is 4.86. The molecule has 24 heavy (non-hydrogen) atoms. The maximum absolute atomic E-state index is 13.0. The van der Waals surface area contributed by atoms with Gasteiger partial charge in [0.15, 0.2) is 0 Å². The van der Waals surface area contributed by atoms with Crippen LogP contribution in [0.3, 0.4) is 0 Å². The number of hydrogen-bond acceptors (Lipinski definition) is 5. The predicted molar refractivity (Wildman–Crippen MR) is 77.8 cm³/mol. The lowest BCUT2D eigenvalue weighted by Gasteiger charge is -2.13. The molecule has 3 aromatic rings. The highest BCUT2D eigenvalue weighted by molar-refractivity contribution is 7.92. The van der Waals surface area contributed by atoms with Crippen molar-refractivity contribution in [2.75, 3.05) is 4.72 Å². The summed E-state index contributed by atoms with van der Waals surface area (Å²) in [5.41, 5.74) is -1.12. The van der Waals surface area contributed by atoms with Crippen LogP contribution in [-0.2, 0) is 16.2 Å². The van der Waals surface area contributed by atoms with E-state index in [1.165, 1.54) is 12.3 Å². The summed E-state index contributed by atoms with van der Waals surface area (Å²) in [5.74, 6) is 0.0273. The molecule has 0 unspecified atom stereocenters. The van der Waals surface area contributed by atoms with Crippen molar-refractivity contribution in [3.05, 3.63) is 47.8 Å². The molecular weight excluding hydrogens is 347 g/mol. The normalized spacial score (nSPS) is 12.5. The highest BCUT2D eigenvalue weighted by atomic mass is 32.2. The summed E-state index contributed by atoms with van der Waals surface area (Å²) in [4.78, 5) is 7.73. The van der Waals surface area contributed by atoms with Crippen molar-refractivity contribution in [2.24, 2.45) is 0 Å². The van der Waals surface area contributed by atoms with Crippen LogP contribution in [-0.4, -0.2) is 28.0 Å². The molecule has 0 saturated heterocycles. The lowest BCUT2D eigenvalue weighted by Crippen LogP contribution is -2.18. The van der Waals surface area contributed by atoms with Crippen LogP contribution in [0.5, 0.6) is 0 Å². The van der Waals surface area contributed by atoms with E-state index >= 15 is 0 Å². The smallest absolute Gasteiger partial charge is 0.276 e. The first-order chi connectivity index (χ1) is 11.2. The number of hydrogen-bond donors (Lipinski definition) is 1. The molecule has 3 rings (SSSR count). The molecule has 0 bridgehead atoms. The summed E-state index contributed by atoms with van der Waals surface area (Å²) in [6.07, 6.45) is -3.25.